The molecule has 0 aliphatic carbocycles. The Labute approximate surface area is 124 Å². The molecule has 0 spiro atoms. The van der Waals surface area contributed by atoms with Gasteiger partial charge in [-0.1, -0.05) is 11.6 Å². The molecule has 0 unspecified atom stereocenters. The van der Waals surface area contributed by atoms with Gasteiger partial charge in [0.05, 0.1) is 19.3 Å². The summed E-state index contributed by atoms with van der Waals surface area (Å²) in [6, 6.07) is 0. The molecule has 0 aromatic rings. The molecular weight excluding hydrogens is 276 g/mol. The standard InChI is InChI=1S/C15H24O6/c1-10(2)4-5-11-13(3,21-11)15(19,8-16)14(9-20-14)7-6-12(17)18/h4,11,16,19H,5-9H2,1-3H3,(H,17,18)/t11-,13+,14+,15+/m1/s1. The fourth-order valence-corrected chi connectivity index (χ4v) is 2.98. The maximum absolute atomic E-state index is 10.9. The summed E-state index contributed by atoms with van der Waals surface area (Å²) < 4.78 is 11.0. The first-order valence-electron chi connectivity index (χ1n) is 7.21. The minimum atomic E-state index is -1.59. The number of hydrogen-bond donors (Lipinski definition) is 3. The monoisotopic (exact) mass is 300 g/mol. The van der Waals surface area contributed by atoms with Gasteiger partial charge in [-0.05, 0) is 33.6 Å². The molecule has 0 bridgehead atoms. The Balaban J connectivity index is 2.11. The number of aliphatic carboxylic acids is 1. The highest BCUT2D eigenvalue weighted by molar-refractivity contribution is 5.67. The molecular formula is C15H24O6. The molecule has 21 heavy (non-hydrogen) atoms. The molecule has 2 aliphatic rings. The maximum Gasteiger partial charge on any atom is 0.303 e. The SMILES string of the molecule is CC(C)=CC[C@H]1O[C@]1(C)[C@@](O)(CO)[C@]1(CCC(=O)O)CO1. The van der Waals surface area contributed by atoms with Crippen molar-refractivity contribution < 1.29 is 29.6 Å². The Hall–Kier alpha value is -0.950. The van der Waals surface area contributed by atoms with Crippen molar-refractivity contribution in [2.75, 3.05) is 13.2 Å². The quantitative estimate of drug-likeness (QED) is 0.454. The number of carboxylic acid groups (broad SMARTS) is 1. The van der Waals surface area contributed by atoms with E-state index < -0.39 is 29.4 Å². The fourth-order valence-electron chi connectivity index (χ4n) is 2.98. The summed E-state index contributed by atoms with van der Waals surface area (Å²) in [5, 5.41) is 29.5. The lowest BCUT2D eigenvalue weighted by Crippen LogP contribution is -2.59. The van der Waals surface area contributed by atoms with Crippen LogP contribution in [0.5, 0.6) is 0 Å². The van der Waals surface area contributed by atoms with Crippen LogP contribution in [0.4, 0.5) is 0 Å². The number of allylic oxidation sites excluding steroid dienone is 1. The molecule has 3 N–H and O–H groups in total. The second kappa shape index (κ2) is 5.35. The summed E-state index contributed by atoms with van der Waals surface area (Å²) >= 11 is 0. The minimum Gasteiger partial charge on any atom is -0.481 e. The number of epoxide rings is 2. The summed E-state index contributed by atoms with van der Waals surface area (Å²) in [5.41, 5.74) is -2.36. The van der Waals surface area contributed by atoms with Crippen molar-refractivity contribution in [2.45, 2.75) is 62.9 Å². The Morgan fingerprint density at radius 2 is 2.10 bits per heavy atom. The van der Waals surface area contributed by atoms with Crippen molar-refractivity contribution in [1.29, 1.82) is 0 Å². The summed E-state index contributed by atoms with van der Waals surface area (Å²) in [6.45, 7) is 5.43. The normalized spacial score (nSPS) is 36.7. The van der Waals surface area contributed by atoms with Crippen molar-refractivity contribution in [1.82, 2.24) is 0 Å². The van der Waals surface area contributed by atoms with E-state index >= 15 is 0 Å². The van der Waals surface area contributed by atoms with Gasteiger partial charge in [0, 0.05) is 6.42 Å². The van der Waals surface area contributed by atoms with E-state index in [2.05, 4.69) is 0 Å². The van der Waals surface area contributed by atoms with E-state index in [9.17, 15) is 15.0 Å². The second-order valence-corrected chi connectivity index (χ2v) is 6.43. The molecule has 2 saturated heterocycles. The van der Waals surface area contributed by atoms with Gasteiger partial charge in [0.1, 0.15) is 16.8 Å². The van der Waals surface area contributed by atoms with Crippen LogP contribution in [0, 0.1) is 0 Å². The largest absolute Gasteiger partial charge is 0.481 e. The lowest BCUT2D eigenvalue weighted by Gasteiger charge is -2.36. The molecule has 0 radical (unpaired) electrons. The van der Waals surface area contributed by atoms with Crippen molar-refractivity contribution in [3.8, 4) is 0 Å². The molecule has 4 atom stereocenters. The van der Waals surface area contributed by atoms with Gasteiger partial charge in [-0.25, -0.2) is 0 Å². The highest BCUT2D eigenvalue weighted by Gasteiger charge is 2.76. The smallest absolute Gasteiger partial charge is 0.303 e. The highest BCUT2D eigenvalue weighted by atomic mass is 16.7. The number of carbonyl (C=O) groups is 1. The lowest BCUT2D eigenvalue weighted by molar-refractivity contribution is -0.142. The second-order valence-electron chi connectivity index (χ2n) is 6.43. The Kier molecular flexibility index (Phi) is 4.19. The summed E-state index contributed by atoms with van der Waals surface area (Å²) in [6.07, 6.45) is 2.52. The zero-order chi connectivity index (χ0) is 15.9. The van der Waals surface area contributed by atoms with Crippen LogP contribution in [0.2, 0.25) is 0 Å². The van der Waals surface area contributed by atoms with Gasteiger partial charge >= 0.3 is 5.97 Å². The predicted molar refractivity (Wildman–Crippen MR) is 74.9 cm³/mol. The fraction of sp³-hybridized carbons (Fsp3) is 0.800. The number of aliphatic hydroxyl groups is 2. The zero-order valence-corrected chi connectivity index (χ0v) is 12.8. The topological polar surface area (TPSA) is 103 Å². The van der Waals surface area contributed by atoms with Crippen LogP contribution in [0.15, 0.2) is 11.6 Å². The summed E-state index contributed by atoms with van der Waals surface area (Å²) in [4.78, 5) is 10.8. The van der Waals surface area contributed by atoms with Gasteiger partial charge in [0.15, 0.2) is 0 Å². The number of rotatable bonds is 8. The number of hydrogen-bond acceptors (Lipinski definition) is 5. The number of carboxylic acids is 1. The van der Waals surface area contributed by atoms with Gasteiger partial charge in [0.25, 0.3) is 0 Å². The average Bonchev–Trinajstić information content (AvgIpc) is 3.30. The van der Waals surface area contributed by atoms with E-state index in [4.69, 9.17) is 14.6 Å². The minimum absolute atomic E-state index is 0.114. The van der Waals surface area contributed by atoms with Crippen molar-refractivity contribution >= 4 is 5.97 Å². The first kappa shape index (κ1) is 16.4. The van der Waals surface area contributed by atoms with Gasteiger partial charge in [-0.2, -0.15) is 0 Å². The Morgan fingerprint density at radius 1 is 1.48 bits per heavy atom. The molecule has 2 heterocycles. The molecule has 2 rings (SSSR count). The molecule has 2 fully saturated rings. The van der Waals surface area contributed by atoms with Gasteiger partial charge < -0.3 is 24.8 Å². The first-order valence-corrected chi connectivity index (χ1v) is 7.21. The molecule has 120 valence electrons. The van der Waals surface area contributed by atoms with Crippen LogP contribution in [0.25, 0.3) is 0 Å². The summed E-state index contributed by atoms with van der Waals surface area (Å²) in [5.74, 6) is -0.951. The van der Waals surface area contributed by atoms with Crippen molar-refractivity contribution in [3.05, 3.63) is 11.6 Å². The highest BCUT2D eigenvalue weighted by Crippen LogP contribution is 2.57. The molecule has 2 aliphatic heterocycles. The average molecular weight is 300 g/mol. The third-order valence-corrected chi connectivity index (χ3v) is 4.72. The van der Waals surface area contributed by atoms with Crippen molar-refractivity contribution in [2.24, 2.45) is 0 Å². The van der Waals surface area contributed by atoms with Crippen LogP contribution < -0.4 is 0 Å². The Bertz CT molecular complexity index is 451. The first-order chi connectivity index (χ1) is 9.71. The van der Waals surface area contributed by atoms with Gasteiger partial charge in [0.2, 0.25) is 0 Å². The van der Waals surface area contributed by atoms with E-state index in [-0.39, 0.29) is 25.6 Å². The van der Waals surface area contributed by atoms with Crippen LogP contribution in [-0.4, -0.2) is 57.4 Å². The van der Waals surface area contributed by atoms with Gasteiger partial charge in [-0.3, -0.25) is 4.79 Å². The predicted octanol–water partition coefficient (Wildman–Crippen LogP) is 0.857. The number of aliphatic hydroxyl groups excluding tert-OH is 1. The molecule has 0 aromatic carbocycles. The van der Waals surface area contributed by atoms with Crippen LogP contribution in [-0.2, 0) is 14.3 Å². The molecule has 0 amide bonds. The van der Waals surface area contributed by atoms with Crippen molar-refractivity contribution in [3.63, 3.8) is 0 Å². The zero-order valence-electron chi connectivity index (χ0n) is 12.8. The van der Waals surface area contributed by atoms with Gasteiger partial charge in [-0.15, -0.1) is 0 Å². The van der Waals surface area contributed by atoms with E-state index in [1.807, 2.05) is 19.9 Å². The number of ether oxygens (including phenoxy) is 2. The Morgan fingerprint density at radius 3 is 2.52 bits per heavy atom. The lowest BCUT2D eigenvalue weighted by atomic mass is 9.73. The van der Waals surface area contributed by atoms with Crippen LogP contribution in [0.1, 0.15) is 40.0 Å². The summed E-state index contributed by atoms with van der Waals surface area (Å²) in [7, 11) is 0. The molecule has 0 aromatic heterocycles. The maximum atomic E-state index is 10.9. The van der Waals surface area contributed by atoms with E-state index in [0.717, 1.165) is 5.57 Å². The third-order valence-electron chi connectivity index (χ3n) is 4.72. The molecule has 6 nitrogen and oxygen atoms in total. The van der Waals surface area contributed by atoms with Crippen LogP contribution >= 0.6 is 0 Å². The van der Waals surface area contributed by atoms with E-state index in [1.165, 1.54) is 0 Å². The van der Waals surface area contributed by atoms with E-state index in [0.29, 0.717) is 6.42 Å². The van der Waals surface area contributed by atoms with Crippen LogP contribution in [0.3, 0.4) is 0 Å². The van der Waals surface area contributed by atoms with E-state index in [1.54, 1.807) is 6.92 Å². The molecule has 6 heteroatoms. The molecule has 0 saturated carbocycles. The third kappa shape index (κ3) is 2.73.